The van der Waals surface area contributed by atoms with Crippen LogP contribution in [0.2, 0.25) is 0 Å². The Balaban J connectivity index is 2.01. The summed E-state index contributed by atoms with van der Waals surface area (Å²) in [7, 11) is 0. The van der Waals surface area contributed by atoms with Crippen molar-refractivity contribution in [3.63, 3.8) is 0 Å². The average Bonchev–Trinajstić information content (AvgIpc) is 3.12. The van der Waals surface area contributed by atoms with E-state index < -0.39 is 0 Å². The van der Waals surface area contributed by atoms with Gasteiger partial charge in [-0.1, -0.05) is 20.8 Å². The predicted octanol–water partition coefficient (Wildman–Crippen LogP) is 4.73. The number of likely N-dealkylation sites (N-methyl/N-ethyl adjacent to an activating group) is 1. The van der Waals surface area contributed by atoms with Crippen LogP contribution in [-0.2, 0) is 4.74 Å². The Labute approximate surface area is 182 Å². The van der Waals surface area contributed by atoms with Gasteiger partial charge in [-0.25, -0.2) is 0 Å². The quantitative estimate of drug-likeness (QED) is 0.548. The van der Waals surface area contributed by atoms with E-state index in [0.717, 1.165) is 12.5 Å². The number of likely N-dealkylation sites (tertiary alicyclic amines) is 1. The van der Waals surface area contributed by atoms with Gasteiger partial charge in [0.2, 0.25) is 0 Å². The van der Waals surface area contributed by atoms with E-state index in [0.29, 0.717) is 5.41 Å². The second-order valence-electron chi connectivity index (χ2n) is 11.8. The van der Waals surface area contributed by atoms with Gasteiger partial charge in [0, 0.05) is 50.4 Å². The molecule has 2 aliphatic heterocycles. The number of hydrogen-bond donors (Lipinski definition) is 0. The van der Waals surface area contributed by atoms with Gasteiger partial charge in [-0.05, 0) is 85.7 Å². The first-order chi connectivity index (χ1) is 13.3. The normalized spacial score (nSPS) is 24.4. The van der Waals surface area contributed by atoms with Crippen LogP contribution in [0.5, 0.6) is 0 Å². The van der Waals surface area contributed by atoms with Crippen LogP contribution in [0.15, 0.2) is 0 Å². The number of hydrogen-bond acceptors (Lipinski definition) is 4. The zero-order chi connectivity index (χ0) is 22.1. The smallest absolute Gasteiger partial charge is 0.0803 e. The molecule has 2 heterocycles. The highest BCUT2D eigenvalue weighted by atomic mass is 16.5. The number of nitrogens with zero attached hydrogens (tertiary/aromatic N) is 3. The van der Waals surface area contributed by atoms with Gasteiger partial charge in [0.1, 0.15) is 0 Å². The molecule has 172 valence electrons. The van der Waals surface area contributed by atoms with Gasteiger partial charge >= 0.3 is 0 Å². The van der Waals surface area contributed by atoms with E-state index in [-0.39, 0.29) is 16.7 Å². The van der Waals surface area contributed by atoms with Crippen LogP contribution in [0.3, 0.4) is 0 Å². The molecule has 2 rings (SSSR count). The van der Waals surface area contributed by atoms with E-state index in [1.54, 1.807) is 0 Å². The molecule has 4 nitrogen and oxygen atoms in total. The Morgan fingerprint density at radius 2 is 1.38 bits per heavy atom. The maximum Gasteiger partial charge on any atom is 0.0803 e. The average molecular weight is 410 g/mol. The summed E-state index contributed by atoms with van der Waals surface area (Å²) in [6.45, 7) is 32.8. The largest absolute Gasteiger partial charge is 0.374 e. The molecule has 29 heavy (non-hydrogen) atoms. The fraction of sp³-hybridized carbons (Fsp3) is 1.00. The lowest BCUT2D eigenvalue weighted by molar-refractivity contribution is -0.112. The van der Waals surface area contributed by atoms with Crippen molar-refractivity contribution in [3.8, 4) is 0 Å². The van der Waals surface area contributed by atoms with E-state index in [1.165, 1.54) is 58.7 Å². The van der Waals surface area contributed by atoms with Crippen LogP contribution < -0.4 is 0 Å². The van der Waals surface area contributed by atoms with Gasteiger partial charge in [0.05, 0.1) is 5.60 Å². The molecule has 0 bridgehead atoms. The van der Waals surface area contributed by atoms with Crippen LogP contribution in [0, 0.1) is 11.3 Å². The number of piperazine rings is 1. The van der Waals surface area contributed by atoms with Crippen LogP contribution >= 0.6 is 0 Å². The molecule has 0 aliphatic carbocycles. The zero-order valence-corrected chi connectivity index (χ0v) is 21.4. The van der Waals surface area contributed by atoms with E-state index in [9.17, 15) is 0 Å². The molecule has 0 spiro atoms. The van der Waals surface area contributed by atoms with E-state index in [2.05, 4.69) is 83.9 Å². The van der Waals surface area contributed by atoms with Gasteiger partial charge < -0.3 is 9.64 Å². The molecule has 2 aliphatic rings. The van der Waals surface area contributed by atoms with Crippen molar-refractivity contribution in [3.05, 3.63) is 0 Å². The van der Waals surface area contributed by atoms with Crippen LogP contribution in [0.1, 0.15) is 82.1 Å². The van der Waals surface area contributed by atoms with Gasteiger partial charge in [-0.15, -0.1) is 0 Å². The third-order valence-corrected chi connectivity index (χ3v) is 8.63. The van der Waals surface area contributed by atoms with E-state index >= 15 is 0 Å². The number of ether oxygens (including phenoxy) is 1. The summed E-state index contributed by atoms with van der Waals surface area (Å²) in [5.41, 5.74) is 0.502. The van der Waals surface area contributed by atoms with E-state index in [1.807, 2.05) is 0 Å². The summed E-state index contributed by atoms with van der Waals surface area (Å²) in [6, 6.07) is 0. The summed E-state index contributed by atoms with van der Waals surface area (Å²) >= 11 is 0. The Morgan fingerprint density at radius 3 is 1.90 bits per heavy atom. The highest BCUT2D eigenvalue weighted by molar-refractivity contribution is 5.02. The van der Waals surface area contributed by atoms with Gasteiger partial charge in [0.15, 0.2) is 0 Å². The van der Waals surface area contributed by atoms with Crippen molar-refractivity contribution < 1.29 is 4.74 Å². The van der Waals surface area contributed by atoms with Crippen molar-refractivity contribution in [2.45, 2.75) is 98.8 Å². The first-order valence-corrected chi connectivity index (χ1v) is 12.1. The molecule has 0 aromatic carbocycles. The Bertz CT molecular complexity index is 518. The van der Waals surface area contributed by atoms with Crippen molar-refractivity contribution in [1.82, 2.24) is 14.7 Å². The monoisotopic (exact) mass is 409 g/mol. The van der Waals surface area contributed by atoms with Crippen LogP contribution in [0.4, 0.5) is 0 Å². The highest BCUT2D eigenvalue weighted by Gasteiger charge is 2.48. The molecule has 0 saturated carbocycles. The summed E-state index contributed by atoms with van der Waals surface area (Å²) in [5.74, 6) is 0.746. The maximum atomic E-state index is 6.15. The lowest BCUT2D eigenvalue weighted by Crippen LogP contribution is -2.59. The first-order valence-electron chi connectivity index (χ1n) is 12.1. The second-order valence-corrected chi connectivity index (χ2v) is 11.8. The molecule has 2 saturated heterocycles. The van der Waals surface area contributed by atoms with Crippen molar-refractivity contribution in [1.29, 1.82) is 0 Å². The minimum atomic E-state index is -0.140. The molecule has 0 N–H and O–H groups in total. The Kier molecular flexibility index (Phi) is 7.91. The summed E-state index contributed by atoms with van der Waals surface area (Å²) in [5, 5.41) is 0. The standard InChI is InChI=1S/C25H51N3O/c1-11-26-15-17-27(18-16-26)23(5,6)20-22(3,4)21-13-14-28(19-21)24(7,8)25(9,10)29-12-2/h21H,11-20H2,1-10H3. The minimum Gasteiger partial charge on any atom is -0.374 e. The molecule has 2 fully saturated rings. The molecule has 0 aromatic rings. The third-order valence-electron chi connectivity index (χ3n) is 8.63. The summed E-state index contributed by atoms with van der Waals surface area (Å²) in [4.78, 5) is 8.02. The van der Waals surface area contributed by atoms with E-state index in [4.69, 9.17) is 4.74 Å². The molecule has 1 unspecified atom stereocenters. The molecule has 0 radical (unpaired) electrons. The summed E-state index contributed by atoms with van der Waals surface area (Å²) < 4.78 is 6.15. The molecule has 0 amide bonds. The first kappa shape index (κ1) is 25.1. The van der Waals surface area contributed by atoms with Crippen molar-refractivity contribution in [2.24, 2.45) is 11.3 Å². The third kappa shape index (κ3) is 5.56. The predicted molar refractivity (Wildman–Crippen MR) is 126 cm³/mol. The molecule has 1 atom stereocenters. The molecular formula is C25H51N3O. The highest BCUT2D eigenvalue weighted by Crippen LogP contribution is 2.45. The van der Waals surface area contributed by atoms with Crippen LogP contribution in [0.25, 0.3) is 0 Å². The van der Waals surface area contributed by atoms with Crippen molar-refractivity contribution >= 4 is 0 Å². The van der Waals surface area contributed by atoms with Gasteiger partial charge in [-0.3, -0.25) is 9.80 Å². The fourth-order valence-electron chi connectivity index (χ4n) is 5.86. The molecular weight excluding hydrogens is 358 g/mol. The maximum absolute atomic E-state index is 6.15. The van der Waals surface area contributed by atoms with Gasteiger partial charge in [0.25, 0.3) is 0 Å². The fourth-order valence-corrected chi connectivity index (χ4v) is 5.86. The lowest BCUT2D eigenvalue weighted by Gasteiger charge is -2.49. The van der Waals surface area contributed by atoms with Crippen molar-refractivity contribution in [2.75, 3.05) is 52.4 Å². The number of rotatable bonds is 9. The Hall–Kier alpha value is -0.160. The molecule has 0 aromatic heterocycles. The topological polar surface area (TPSA) is 19.0 Å². The van der Waals surface area contributed by atoms with Gasteiger partial charge in [-0.2, -0.15) is 0 Å². The SMILES string of the molecule is CCOC(C)(C)C(C)(C)N1CCC(C(C)(C)CC(C)(C)N2CCN(CC)CC2)C1. The zero-order valence-electron chi connectivity index (χ0n) is 21.4. The summed E-state index contributed by atoms with van der Waals surface area (Å²) in [6.07, 6.45) is 2.57. The second kappa shape index (κ2) is 9.14. The van der Waals surface area contributed by atoms with Crippen LogP contribution in [-0.4, -0.2) is 83.8 Å². The lowest BCUT2D eigenvalue weighted by atomic mass is 9.70. The minimum absolute atomic E-state index is 0.0415. The molecule has 4 heteroatoms. The Morgan fingerprint density at radius 1 is 0.793 bits per heavy atom.